The standard InChI is InChI=1S/C28H59O4P.Ba/c1-2-3-4-5-6-7-8-9-10-11-12-13-14-15-16-17-18-19-20-21-22-23-24-25-26-27-28-32-33(29,30)31;/h2-28H2,1H3,(H2,29,30,31);/q;+2/p-2. The van der Waals surface area contributed by atoms with Gasteiger partial charge in [0.15, 0.2) is 0 Å². The van der Waals surface area contributed by atoms with Crippen LogP contribution in [0.25, 0.3) is 0 Å². The van der Waals surface area contributed by atoms with Crippen LogP contribution in [0.15, 0.2) is 0 Å². The van der Waals surface area contributed by atoms with Gasteiger partial charge in [-0.3, -0.25) is 0 Å². The summed E-state index contributed by atoms with van der Waals surface area (Å²) in [6.07, 6.45) is 35.0. The van der Waals surface area contributed by atoms with Gasteiger partial charge in [0.1, 0.15) is 0 Å². The smallest absolute Gasteiger partial charge is 0.790 e. The Labute approximate surface area is 253 Å². The van der Waals surface area contributed by atoms with Gasteiger partial charge < -0.3 is 18.9 Å². The van der Waals surface area contributed by atoms with E-state index in [9.17, 15) is 14.4 Å². The van der Waals surface area contributed by atoms with Crippen LogP contribution in [-0.4, -0.2) is 55.5 Å². The molecule has 0 atom stereocenters. The van der Waals surface area contributed by atoms with Crippen molar-refractivity contribution < 1.29 is 18.9 Å². The van der Waals surface area contributed by atoms with Crippen molar-refractivity contribution in [3.63, 3.8) is 0 Å². The van der Waals surface area contributed by atoms with Crippen LogP contribution in [0.5, 0.6) is 0 Å². The first-order valence-corrected chi connectivity index (χ1v) is 16.2. The predicted octanol–water partition coefficient (Wildman–Crippen LogP) is 8.61. The van der Waals surface area contributed by atoms with Gasteiger partial charge in [-0.05, 0) is 6.42 Å². The minimum atomic E-state index is -4.77. The molecule has 0 saturated carbocycles. The van der Waals surface area contributed by atoms with Crippen LogP contribution in [0.3, 0.4) is 0 Å². The summed E-state index contributed by atoms with van der Waals surface area (Å²) in [6.45, 7) is 2.33. The molecule has 0 spiro atoms. The molecule has 0 aliphatic rings. The summed E-state index contributed by atoms with van der Waals surface area (Å²) in [5.41, 5.74) is 0. The third-order valence-electron chi connectivity index (χ3n) is 6.75. The van der Waals surface area contributed by atoms with Gasteiger partial charge in [-0.15, -0.1) is 0 Å². The molecule has 0 aromatic heterocycles. The molecule has 0 aliphatic carbocycles. The minimum absolute atomic E-state index is 0. The zero-order valence-electron chi connectivity index (χ0n) is 22.9. The van der Waals surface area contributed by atoms with Crippen LogP contribution in [0, 0.1) is 0 Å². The number of phosphoric ester groups is 1. The maximum Gasteiger partial charge on any atom is 2.00 e. The molecular weight excluding hydrogens is 569 g/mol. The number of rotatable bonds is 28. The Hall–Kier alpha value is 1.68. The number of hydrogen-bond acceptors (Lipinski definition) is 4. The van der Waals surface area contributed by atoms with E-state index in [0.29, 0.717) is 6.42 Å². The van der Waals surface area contributed by atoms with Crippen molar-refractivity contribution in [3.8, 4) is 0 Å². The van der Waals surface area contributed by atoms with E-state index in [2.05, 4.69) is 11.4 Å². The monoisotopic (exact) mass is 626 g/mol. The molecular formula is C28H57BaO4P. The first-order chi connectivity index (χ1) is 16.1. The van der Waals surface area contributed by atoms with Gasteiger partial charge in [0, 0.05) is 0 Å². The van der Waals surface area contributed by atoms with Crippen LogP contribution >= 0.6 is 7.82 Å². The molecule has 0 radical (unpaired) electrons. The fourth-order valence-electron chi connectivity index (χ4n) is 4.59. The van der Waals surface area contributed by atoms with E-state index in [1.165, 1.54) is 148 Å². The van der Waals surface area contributed by atoms with E-state index >= 15 is 0 Å². The zero-order chi connectivity index (χ0) is 24.3. The first-order valence-electron chi connectivity index (χ1n) is 14.7. The summed E-state index contributed by atoms with van der Waals surface area (Å²) < 4.78 is 14.6. The molecule has 6 heteroatoms. The summed E-state index contributed by atoms with van der Waals surface area (Å²) in [4.78, 5) is 20.6. The second kappa shape index (κ2) is 30.9. The molecule has 0 N–H and O–H groups in total. The molecule has 0 amide bonds. The van der Waals surface area contributed by atoms with Crippen LogP contribution in [0.4, 0.5) is 0 Å². The topological polar surface area (TPSA) is 72.4 Å². The van der Waals surface area contributed by atoms with E-state index in [1.807, 2.05) is 0 Å². The fourth-order valence-corrected chi connectivity index (χ4v) is 4.95. The largest absolute Gasteiger partial charge is 2.00 e. The molecule has 0 fully saturated rings. The Morgan fingerprint density at radius 1 is 0.441 bits per heavy atom. The van der Waals surface area contributed by atoms with Crippen LogP contribution < -0.4 is 9.79 Å². The minimum Gasteiger partial charge on any atom is -0.790 e. The number of hydrogen-bond donors (Lipinski definition) is 0. The molecule has 34 heavy (non-hydrogen) atoms. The normalized spacial score (nSPS) is 11.6. The Bertz CT molecular complexity index is 417. The second-order valence-corrected chi connectivity index (χ2v) is 11.3. The van der Waals surface area contributed by atoms with Crippen molar-refractivity contribution in [2.75, 3.05) is 6.61 Å². The number of phosphoric acid groups is 1. The maximum atomic E-state index is 10.3. The van der Waals surface area contributed by atoms with Gasteiger partial charge in [-0.2, -0.15) is 0 Å². The van der Waals surface area contributed by atoms with Gasteiger partial charge in [0.05, 0.1) is 14.4 Å². The molecule has 0 unspecified atom stereocenters. The van der Waals surface area contributed by atoms with Gasteiger partial charge >= 0.3 is 48.9 Å². The Morgan fingerprint density at radius 2 is 0.647 bits per heavy atom. The summed E-state index contributed by atoms with van der Waals surface area (Å²) in [5.74, 6) is 0. The molecule has 0 aliphatic heterocycles. The van der Waals surface area contributed by atoms with Crippen molar-refractivity contribution in [2.24, 2.45) is 0 Å². The Balaban J connectivity index is 0. The first kappa shape index (κ1) is 37.8. The van der Waals surface area contributed by atoms with E-state index in [0.717, 1.165) is 12.8 Å². The second-order valence-electron chi connectivity index (χ2n) is 10.1. The predicted molar refractivity (Wildman–Crippen MR) is 145 cm³/mol. The molecule has 0 heterocycles. The summed E-state index contributed by atoms with van der Waals surface area (Å²) in [7, 11) is -4.77. The average Bonchev–Trinajstić information content (AvgIpc) is 2.78. The maximum absolute atomic E-state index is 10.3. The van der Waals surface area contributed by atoms with Crippen molar-refractivity contribution in [3.05, 3.63) is 0 Å². The molecule has 0 aromatic rings. The third kappa shape index (κ3) is 35.8. The Kier molecular flexibility index (Phi) is 34.4. The van der Waals surface area contributed by atoms with Gasteiger partial charge in [-0.25, -0.2) is 0 Å². The molecule has 200 valence electrons. The fraction of sp³-hybridized carbons (Fsp3) is 1.00. The molecule has 4 nitrogen and oxygen atoms in total. The van der Waals surface area contributed by atoms with Crippen molar-refractivity contribution >= 4 is 56.7 Å². The van der Waals surface area contributed by atoms with Crippen molar-refractivity contribution in [1.82, 2.24) is 0 Å². The van der Waals surface area contributed by atoms with Gasteiger partial charge in [-0.1, -0.05) is 167 Å². The summed E-state index contributed by atoms with van der Waals surface area (Å²) >= 11 is 0. The van der Waals surface area contributed by atoms with Crippen LogP contribution in [-0.2, 0) is 9.09 Å². The summed E-state index contributed by atoms with van der Waals surface area (Å²) in [5, 5.41) is 0. The number of unbranched alkanes of at least 4 members (excludes halogenated alkanes) is 25. The van der Waals surface area contributed by atoms with E-state index in [-0.39, 0.29) is 55.5 Å². The van der Waals surface area contributed by atoms with Crippen LogP contribution in [0.2, 0.25) is 0 Å². The van der Waals surface area contributed by atoms with E-state index in [4.69, 9.17) is 0 Å². The molecule has 0 rings (SSSR count). The molecule has 0 saturated heterocycles. The van der Waals surface area contributed by atoms with Crippen LogP contribution in [0.1, 0.15) is 174 Å². The quantitative estimate of drug-likeness (QED) is 0.0496. The van der Waals surface area contributed by atoms with Crippen molar-refractivity contribution in [2.45, 2.75) is 174 Å². The van der Waals surface area contributed by atoms with E-state index < -0.39 is 7.82 Å². The average molecular weight is 626 g/mol. The van der Waals surface area contributed by atoms with E-state index in [1.54, 1.807) is 0 Å². The van der Waals surface area contributed by atoms with Gasteiger partial charge in [0.25, 0.3) is 0 Å². The molecule has 0 aromatic carbocycles. The summed E-state index contributed by atoms with van der Waals surface area (Å²) in [6, 6.07) is 0. The third-order valence-corrected chi connectivity index (χ3v) is 7.25. The molecule has 0 bridgehead atoms. The Morgan fingerprint density at radius 3 is 0.853 bits per heavy atom. The SMILES string of the molecule is CCCCCCCCCCCCCCCCCCCCCCCCCCCCOP(=O)([O-])[O-].[Ba+2]. The van der Waals surface area contributed by atoms with Gasteiger partial charge in [0.2, 0.25) is 0 Å². The van der Waals surface area contributed by atoms with Crippen molar-refractivity contribution in [1.29, 1.82) is 0 Å². The zero-order valence-corrected chi connectivity index (χ0v) is 28.2.